The summed E-state index contributed by atoms with van der Waals surface area (Å²) in [7, 11) is -4.19. The Labute approximate surface area is 185 Å². The van der Waals surface area contributed by atoms with Crippen molar-refractivity contribution in [3.63, 3.8) is 0 Å². The molecule has 0 bridgehead atoms. The first-order chi connectivity index (χ1) is 14.5. The number of alkyl halides is 3. The summed E-state index contributed by atoms with van der Waals surface area (Å²) < 4.78 is 66.0. The molecule has 31 heavy (non-hydrogen) atoms. The number of anilines is 2. The van der Waals surface area contributed by atoms with Gasteiger partial charge in [0.2, 0.25) is 0 Å². The van der Waals surface area contributed by atoms with Crippen molar-refractivity contribution in [3.05, 3.63) is 87.9 Å². The fraction of sp³-hybridized carbons (Fsp3) is 0.0500. The van der Waals surface area contributed by atoms with Crippen LogP contribution < -0.4 is 10.0 Å². The molecule has 0 heterocycles. The van der Waals surface area contributed by atoms with Gasteiger partial charge in [0.05, 0.1) is 26.1 Å². The quantitative estimate of drug-likeness (QED) is 0.457. The number of nitrogens with one attached hydrogen (secondary N) is 2. The molecule has 2 N–H and O–H groups in total. The molecule has 0 aliphatic carbocycles. The molecule has 162 valence electrons. The molecule has 0 unspecified atom stereocenters. The average Bonchev–Trinajstić information content (AvgIpc) is 2.69. The fourth-order valence-corrected chi connectivity index (χ4v) is 4.08. The summed E-state index contributed by atoms with van der Waals surface area (Å²) in [4.78, 5) is 12.1. The number of sulfonamides is 1. The molecule has 11 heteroatoms. The Morgan fingerprint density at radius 1 is 0.839 bits per heavy atom. The number of halogens is 5. The number of rotatable bonds is 5. The molecule has 0 saturated heterocycles. The van der Waals surface area contributed by atoms with Gasteiger partial charge in [-0.3, -0.25) is 9.52 Å². The SMILES string of the molecule is O=C(Nc1ccc(S(=O)(=O)Nc2ccc(Cl)c(C(F)(F)F)c2)cc1)c1ccccc1Cl. The zero-order valence-electron chi connectivity index (χ0n) is 15.4. The third-order valence-corrected chi connectivity index (χ3v) is 6.12. The number of carbonyl (C=O) groups excluding carboxylic acids is 1. The fourth-order valence-electron chi connectivity index (χ4n) is 2.58. The minimum atomic E-state index is -4.74. The van der Waals surface area contributed by atoms with Gasteiger partial charge < -0.3 is 5.32 Å². The number of carbonyl (C=O) groups is 1. The molecular formula is C20H13Cl2F3N2O3S. The molecule has 3 aromatic carbocycles. The zero-order chi connectivity index (χ0) is 22.8. The van der Waals surface area contributed by atoms with E-state index in [4.69, 9.17) is 23.2 Å². The highest BCUT2D eigenvalue weighted by atomic mass is 35.5. The van der Waals surface area contributed by atoms with Crippen LogP contribution in [-0.2, 0) is 16.2 Å². The van der Waals surface area contributed by atoms with Crippen LogP contribution >= 0.6 is 23.2 Å². The molecule has 0 aliphatic heterocycles. The zero-order valence-corrected chi connectivity index (χ0v) is 17.7. The van der Waals surface area contributed by atoms with Crippen molar-refractivity contribution in [2.45, 2.75) is 11.1 Å². The number of amides is 1. The van der Waals surface area contributed by atoms with Crippen LogP contribution in [0.5, 0.6) is 0 Å². The van der Waals surface area contributed by atoms with Crippen LogP contribution in [0.4, 0.5) is 24.5 Å². The van der Waals surface area contributed by atoms with E-state index in [-0.39, 0.29) is 21.2 Å². The highest BCUT2D eigenvalue weighted by Gasteiger charge is 2.33. The summed E-state index contributed by atoms with van der Waals surface area (Å²) in [6, 6.07) is 14.2. The second-order valence-electron chi connectivity index (χ2n) is 6.26. The minimum Gasteiger partial charge on any atom is -0.322 e. The van der Waals surface area contributed by atoms with E-state index in [1.54, 1.807) is 18.2 Å². The maximum Gasteiger partial charge on any atom is 0.417 e. The second-order valence-corrected chi connectivity index (χ2v) is 8.75. The summed E-state index contributed by atoms with van der Waals surface area (Å²) >= 11 is 11.5. The molecule has 0 saturated carbocycles. The smallest absolute Gasteiger partial charge is 0.322 e. The van der Waals surface area contributed by atoms with Crippen LogP contribution in [0.15, 0.2) is 71.6 Å². The molecule has 3 rings (SSSR count). The van der Waals surface area contributed by atoms with Crippen LogP contribution in [0.25, 0.3) is 0 Å². The molecule has 0 atom stereocenters. The topological polar surface area (TPSA) is 75.3 Å². The number of hydrogen-bond acceptors (Lipinski definition) is 3. The Kier molecular flexibility index (Phi) is 6.49. The molecule has 0 aliphatic rings. The summed E-state index contributed by atoms with van der Waals surface area (Å²) in [6.45, 7) is 0. The summed E-state index contributed by atoms with van der Waals surface area (Å²) in [6.07, 6.45) is -4.74. The van der Waals surface area contributed by atoms with Crippen LogP contribution in [0.3, 0.4) is 0 Å². The number of hydrogen-bond donors (Lipinski definition) is 2. The molecular weight excluding hydrogens is 476 g/mol. The van der Waals surface area contributed by atoms with E-state index in [1.807, 2.05) is 0 Å². The van der Waals surface area contributed by atoms with Gasteiger partial charge in [-0.05, 0) is 54.6 Å². The highest BCUT2D eigenvalue weighted by Crippen LogP contribution is 2.36. The molecule has 0 aromatic heterocycles. The third-order valence-electron chi connectivity index (χ3n) is 4.06. The van der Waals surface area contributed by atoms with Gasteiger partial charge in [0.25, 0.3) is 15.9 Å². The van der Waals surface area contributed by atoms with Crippen molar-refractivity contribution in [2.24, 2.45) is 0 Å². The van der Waals surface area contributed by atoms with Gasteiger partial charge in [-0.25, -0.2) is 8.42 Å². The maximum atomic E-state index is 13.0. The first kappa shape index (κ1) is 22.9. The Hall–Kier alpha value is -2.75. The molecule has 5 nitrogen and oxygen atoms in total. The standard InChI is InChI=1S/C20H13Cl2F3N2O3S/c21-17-4-2-1-3-15(17)19(28)26-12-5-8-14(9-6-12)31(29,30)27-13-7-10-18(22)16(11-13)20(23,24)25/h1-11,27H,(H,26,28). The van der Waals surface area contributed by atoms with E-state index in [0.717, 1.165) is 12.1 Å². The molecule has 3 aromatic rings. The van der Waals surface area contributed by atoms with Crippen LogP contribution in [-0.4, -0.2) is 14.3 Å². The normalized spacial score (nSPS) is 11.8. The Morgan fingerprint density at radius 2 is 1.45 bits per heavy atom. The Bertz CT molecular complexity index is 1230. The Balaban J connectivity index is 1.77. The largest absolute Gasteiger partial charge is 0.417 e. The van der Waals surface area contributed by atoms with Crippen molar-refractivity contribution in [3.8, 4) is 0 Å². The van der Waals surface area contributed by atoms with Gasteiger partial charge in [0, 0.05) is 11.4 Å². The lowest BCUT2D eigenvalue weighted by atomic mass is 10.2. The minimum absolute atomic E-state index is 0.216. The van der Waals surface area contributed by atoms with E-state index >= 15 is 0 Å². The van der Waals surface area contributed by atoms with Gasteiger partial charge in [-0.15, -0.1) is 0 Å². The van der Waals surface area contributed by atoms with Crippen LogP contribution in [0, 0.1) is 0 Å². The van der Waals surface area contributed by atoms with E-state index < -0.39 is 32.7 Å². The van der Waals surface area contributed by atoms with E-state index in [9.17, 15) is 26.4 Å². The van der Waals surface area contributed by atoms with Gasteiger partial charge in [-0.1, -0.05) is 35.3 Å². The van der Waals surface area contributed by atoms with Crippen LogP contribution in [0.2, 0.25) is 10.0 Å². The van der Waals surface area contributed by atoms with E-state index in [1.165, 1.54) is 30.3 Å². The van der Waals surface area contributed by atoms with Gasteiger partial charge in [0.1, 0.15) is 0 Å². The van der Waals surface area contributed by atoms with Gasteiger partial charge >= 0.3 is 6.18 Å². The second kappa shape index (κ2) is 8.78. The Morgan fingerprint density at radius 3 is 2.06 bits per heavy atom. The van der Waals surface area contributed by atoms with Crippen molar-refractivity contribution in [1.82, 2.24) is 0 Å². The summed E-state index contributed by atoms with van der Waals surface area (Å²) in [5.74, 6) is -0.486. The maximum absolute atomic E-state index is 13.0. The lowest BCUT2D eigenvalue weighted by molar-refractivity contribution is -0.137. The van der Waals surface area contributed by atoms with Crippen molar-refractivity contribution < 1.29 is 26.4 Å². The first-order valence-electron chi connectivity index (χ1n) is 8.53. The molecule has 0 spiro atoms. The predicted octanol–water partition coefficient (Wildman–Crippen LogP) is 6.07. The first-order valence-corrected chi connectivity index (χ1v) is 10.8. The third kappa shape index (κ3) is 5.49. The van der Waals surface area contributed by atoms with Crippen LogP contribution in [0.1, 0.15) is 15.9 Å². The molecule has 0 radical (unpaired) electrons. The van der Waals surface area contributed by atoms with Crippen molar-refractivity contribution >= 4 is 50.5 Å². The lowest BCUT2D eigenvalue weighted by Gasteiger charge is -2.13. The average molecular weight is 489 g/mol. The molecule has 1 amide bonds. The highest BCUT2D eigenvalue weighted by molar-refractivity contribution is 7.92. The monoisotopic (exact) mass is 488 g/mol. The van der Waals surface area contributed by atoms with Gasteiger partial charge in [-0.2, -0.15) is 13.2 Å². The lowest BCUT2D eigenvalue weighted by Crippen LogP contribution is -2.15. The van der Waals surface area contributed by atoms with Crippen molar-refractivity contribution in [2.75, 3.05) is 10.0 Å². The summed E-state index contributed by atoms with van der Waals surface area (Å²) in [5, 5.41) is 2.29. The predicted molar refractivity (Wildman–Crippen MR) is 113 cm³/mol. The molecule has 0 fully saturated rings. The van der Waals surface area contributed by atoms with Gasteiger partial charge in [0.15, 0.2) is 0 Å². The summed E-state index contributed by atoms with van der Waals surface area (Å²) in [5.41, 5.74) is -0.916. The number of benzene rings is 3. The van der Waals surface area contributed by atoms with E-state index in [2.05, 4.69) is 10.0 Å². The van der Waals surface area contributed by atoms with E-state index in [0.29, 0.717) is 11.8 Å². The van der Waals surface area contributed by atoms with Crippen molar-refractivity contribution in [1.29, 1.82) is 0 Å².